The van der Waals surface area contributed by atoms with Crippen LogP contribution in [0.3, 0.4) is 0 Å². The number of rotatable bonds is 5. The number of Topliss-reactive ketones (excluding diaryl/α,β-unsaturated/α-hetero) is 1. The van der Waals surface area contributed by atoms with Gasteiger partial charge >= 0.3 is 0 Å². The van der Waals surface area contributed by atoms with Crippen molar-refractivity contribution < 1.29 is 9.53 Å². The summed E-state index contributed by atoms with van der Waals surface area (Å²) in [5.74, 6) is 0.624. The molecule has 1 rings (SSSR count). The molecule has 2 N–H and O–H groups in total. The van der Waals surface area contributed by atoms with Gasteiger partial charge in [0.05, 0.1) is 12.7 Å². The number of halogens is 1. The van der Waals surface area contributed by atoms with E-state index >= 15 is 0 Å². The molecule has 0 bridgehead atoms. The first-order valence-corrected chi connectivity index (χ1v) is 5.55. The van der Waals surface area contributed by atoms with E-state index in [-0.39, 0.29) is 5.78 Å². The Kier molecular flexibility index (Phi) is 4.77. The molecule has 0 aromatic heterocycles. The van der Waals surface area contributed by atoms with Crippen molar-refractivity contribution >= 4 is 17.4 Å². The zero-order chi connectivity index (χ0) is 12.1. The first kappa shape index (κ1) is 13.0. The number of hydrogen-bond acceptors (Lipinski definition) is 3. The van der Waals surface area contributed by atoms with Gasteiger partial charge in [-0.05, 0) is 37.6 Å². The van der Waals surface area contributed by atoms with Crippen LogP contribution in [0.1, 0.15) is 28.8 Å². The SMILES string of the molecule is COc1c(C)cc(Cl)cc1C(=O)CCCN. The largest absolute Gasteiger partial charge is 0.496 e. The smallest absolute Gasteiger partial charge is 0.166 e. The van der Waals surface area contributed by atoms with Gasteiger partial charge in [0.15, 0.2) is 5.78 Å². The summed E-state index contributed by atoms with van der Waals surface area (Å²) in [5, 5.41) is 0.550. The van der Waals surface area contributed by atoms with Crippen molar-refractivity contribution in [3.8, 4) is 5.75 Å². The molecule has 1 aromatic rings. The van der Waals surface area contributed by atoms with Crippen LogP contribution in [-0.4, -0.2) is 19.4 Å². The van der Waals surface area contributed by atoms with Crippen molar-refractivity contribution in [3.05, 3.63) is 28.3 Å². The van der Waals surface area contributed by atoms with Crippen LogP contribution in [-0.2, 0) is 0 Å². The minimum atomic E-state index is 0.0212. The second kappa shape index (κ2) is 5.87. The van der Waals surface area contributed by atoms with Gasteiger partial charge in [-0.15, -0.1) is 0 Å². The molecule has 0 heterocycles. The van der Waals surface area contributed by atoms with Gasteiger partial charge < -0.3 is 10.5 Å². The Hall–Kier alpha value is -1.06. The predicted octanol–water partition coefficient (Wildman–Crippen LogP) is 2.58. The number of aryl methyl sites for hydroxylation is 1. The molecule has 0 aliphatic rings. The lowest BCUT2D eigenvalue weighted by Gasteiger charge is -2.11. The van der Waals surface area contributed by atoms with E-state index < -0.39 is 0 Å². The van der Waals surface area contributed by atoms with Gasteiger partial charge in [0, 0.05) is 11.4 Å². The molecule has 0 atom stereocenters. The average molecular weight is 242 g/mol. The maximum atomic E-state index is 11.9. The van der Waals surface area contributed by atoms with E-state index in [0.717, 1.165) is 5.56 Å². The number of nitrogens with two attached hydrogens (primary N) is 1. The Labute approximate surface area is 101 Å². The average Bonchev–Trinajstić information content (AvgIpc) is 2.24. The van der Waals surface area contributed by atoms with Crippen LogP contribution in [0, 0.1) is 6.92 Å². The van der Waals surface area contributed by atoms with Crippen molar-refractivity contribution in [2.75, 3.05) is 13.7 Å². The summed E-state index contributed by atoms with van der Waals surface area (Å²) in [5.41, 5.74) is 6.79. The van der Waals surface area contributed by atoms with Crippen LogP contribution in [0.25, 0.3) is 0 Å². The molecule has 0 spiro atoms. The highest BCUT2D eigenvalue weighted by atomic mass is 35.5. The summed E-state index contributed by atoms with van der Waals surface area (Å²) >= 11 is 5.92. The van der Waals surface area contributed by atoms with E-state index in [1.54, 1.807) is 19.2 Å². The maximum Gasteiger partial charge on any atom is 0.166 e. The highest BCUT2D eigenvalue weighted by Crippen LogP contribution is 2.28. The van der Waals surface area contributed by atoms with E-state index in [0.29, 0.717) is 35.7 Å². The summed E-state index contributed by atoms with van der Waals surface area (Å²) in [7, 11) is 1.55. The molecular weight excluding hydrogens is 226 g/mol. The van der Waals surface area contributed by atoms with Gasteiger partial charge in [-0.3, -0.25) is 4.79 Å². The Morgan fingerprint density at radius 3 is 2.75 bits per heavy atom. The van der Waals surface area contributed by atoms with Crippen LogP contribution in [0.15, 0.2) is 12.1 Å². The summed E-state index contributed by atoms with van der Waals surface area (Å²) in [4.78, 5) is 11.9. The fourth-order valence-electron chi connectivity index (χ4n) is 1.61. The van der Waals surface area contributed by atoms with Crippen molar-refractivity contribution in [1.29, 1.82) is 0 Å². The third kappa shape index (κ3) is 2.97. The third-order valence-corrected chi connectivity index (χ3v) is 2.57. The molecule has 0 saturated carbocycles. The fraction of sp³-hybridized carbons (Fsp3) is 0.417. The Morgan fingerprint density at radius 2 is 2.19 bits per heavy atom. The third-order valence-electron chi connectivity index (χ3n) is 2.35. The lowest BCUT2D eigenvalue weighted by molar-refractivity contribution is 0.0977. The van der Waals surface area contributed by atoms with Gasteiger partial charge in [-0.25, -0.2) is 0 Å². The van der Waals surface area contributed by atoms with E-state index in [4.69, 9.17) is 22.1 Å². The predicted molar refractivity (Wildman–Crippen MR) is 65.4 cm³/mol. The first-order valence-electron chi connectivity index (χ1n) is 5.17. The molecule has 0 fully saturated rings. The number of carbonyl (C=O) groups is 1. The van der Waals surface area contributed by atoms with Crippen LogP contribution in [0.5, 0.6) is 5.75 Å². The van der Waals surface area contributed by atoms with Gasteiger partial charge in [-0.1, -0.05) is 11.6 Å². The number of methoxy groups -OCH3 is 1. The molecule has 0 aliphatic carbocycles. The quantitative estimate of drug-likeness (QED) is 0.807. The van der Waals surface area contributed by atoms with Crippen LogP contribution >= 0.6 is 11.6 Å². The number of hydrogen-bond donors (Lipinski definition) is 1. The molecular formula is C12H16ClNO2. The molecule has 0 saturated heterocycles. The Morgan fingerprint density at radius 1 is 1.50 bits per heavy atom. The Balaban J connectivity index is 3.05. The summed E-state index contributed by atoms with van der Waals surface area (Å²) < 4.78 is 5.22. The summed E-state index contributed by atoms with van der Waals surface area (Å²) in [6.45, 7) is 2.37. The molecule has 0 aliphatic heterocycles. The first-order chi connectivity index (χ1) is 7.60. The molecule has 0 radical (unpaired) electrons. The van der Waals surface area contributed by atoms with Gasteiger partial charge in [0.2, 0.25) is 0 Å². The van der Waals surface area contributed by atoms with E-state index in [1.165, 1.54) is 0 Å². The van der Waals surface area contributed by atoms with Gasteiger partial charge in [-0.2, -0.15) is 0 Å². The highest BCUT2D eigenvalue weighted by Gasteiger charge is 2.14. The zero-order valence-corrected chi connectivity index (χ0v) is 10.3. The molecule has 4 heteroatoms. The maximum absolute atomic E-state index is 11.9. The monoisotopic (exact) mass is 241 g/mol. The highest BCUT2D eigenvalue weighted by molar-refractivity contribution is 6.31. The summed E-state index contributed by atoms with van der Waals surface area (Å²) in [6.07, 6.45) is 1.10. The van der Waals surface area contributed by atoms with Crippen molar-refractivity contribution in [3.63, 3.8) is 0 Å². The summed E-state index contributed by atoms with van der Waals surface area (Å²) in [6, 6.07) is 3.42. The normalized spacial score (nSPS) is 10.2. The number of benzene rings is 1. The Bertz CT molecular complexity index is 391. The zero-order valence-electron chi connectivity index (χ0n) is 9.55. The molecule has 1 aromatic carbocycles. The molecule has 0 amide bonds. The molecule has 16 heavy (non-hydrogen) atoms. The molecule has 3 nitrogen and oxygen atoms in total. The van der Waals surface area contributed by atoms with E-state index in [1.807, 2.05) is 6.92 Å². The van der Waals surface area contributed by atoms with E-state index in [9.17, 15) is 4.79 Å². The number of ether oxygens (including phenoxy) is 1. The number of carbonyl (C=O) groups excluding carboxylic acids is 1. The van der Waals surface area contributed by atoms with Crippen LogP contribution < -0.4 is 10.5 Å². The minimum absolute atomic E-state index is 0.0212. The minimum Gasteiger partial charge on any atom is -0.496 e. The number of ketones is 1. The van der Waals surface area contributed by atoms with Crippen molar-refractivity contribution in [1.82, 2.24) is 0 Å². The van der Waals surface area contributed by atoms with E-state index in [2.05, 4.69) is 0 Å². The fourth-order valence-corrected chi connectivity index (χ4v) is 1.88. The second-order valence-electron chi connectivity index (χ2n) is 3.62. The standard InChI is InChI=1S/C12H16ClNO2/c1-8-6-9(13)7-10(12(8)16-2)11(15)4-3-5-14/h6-7H,3-5,14H2,1-2H3. The molecule has 88 valence electrons. The lowest BCUT2D eigenvalue weighted by atomic mass is 10.0. The van der Waals surface area contributed by atoms with Crippen LogP contribution in [0.4, 0.5) is 0 Å². The van der Waals surface area contributed by atoms with Crippen molar-refractivity contribution in [2.45, 2.75) is 19.8 Å². The van der Waals surface area contributed by atoms with Crippen molar-refractivity contribution in [2.24, 2.45) is 5.73 Å². The topological polar surface area (TPSA) is 52.3 Å². The van der Waals surface area contributed by atoms with Gasteiger partial charge in [0.1, 0.15) is 5.75 Å². The lowest BCUT2D eigenvalue weighted by Crippen LogP contribution is -2.07. The second-order valence-corrected chi connectivity index (χ2v) is 4.06. The molecule has 0 unspecified atom stereocenters. The van der Waals surface area contributed by atoms with Crippen LogP contribution in [0.2, 0.25) is 5.02 Å². The van der Waals surface area contributed by atoms with Gasteiger partial charge in [0.25, 0.3) is 0 Å².